The molecule has 0 spiro atoms. The van der Waals surface area contributed by atoms with E-state index in [2.05, 4.69) is 39.7 Å². The van der Waals surface area contributed by atoms with Crippen molar-refractivity contribution < 1.29 is 4.74 Å². The molecule has 0 aliphatic rings. The first-order valence-electron chi connectivity index (χ1n) is 6.07. The summed E-state index contributed by atoms with van der Waals surface area (Å²) in [6.45, 7) is 6.80. The van der Waals surface area contributed by atoms with Gasteiger partial charge in [-0.15, -0.1) is 0 Å². The van der Waals surface area contributed by atoms with Gasteiger partial charge in [-0.2, -0.15) is 0 Å². The number of nitrogens with two attached hydrogens (primary N) is 1. The van der Waals surface area contributed by atoms with Crippen molar-refractivity contribution in [2.45, 2.75) is 46.1 Å². The van der Waals surface area contributed by atoms with Gasteiger partial charge in [0.15, 0.2) is 5.82 Å². The van der Waals surface area contributed by atoms with E-state index in [-0.39, 0.29) is 6.10 Å². The molecule has 96 valence electrons. The average molecular weight is 302 g/mol. The molecule has 1 aromatic heterocycles. The Morgan fingerprint density at radius 1 is 1.29 bits per heavy atom. The van der Waals surface area contributed by atoms with Crippen molar-refractivity contribution in [3.8, 4) is 0 Å². The van der Waals surface area contributed by atoms with Gasteiger partial charge < -0.3 is 10.5 Å². The quantitative estimate of drug-likeness (QED) is 0.876. The van der Waals surface area contributed by atoms with Crippen molar-refractivity contribution in [1.82, 2.24) is 9.97 Å². The van der Waals surface area contributed by atoms with Gasteiger partial charge in [-0.1, -0.05) is 20.3 Å². The molecule has 0 aliphatic carbocycles. The molecule has 1 heterocycles. The van der Waals surface area contributed by atoms with Crippen LogP contribution >= 0.6 is 15.9 Å². The Kier molecular flexibility index (Phi) is 5.85. The first kappa shape index (κ1) is 14.4. The van der Waals surface area contributed by atoms with E-state index in [1.807, 2.05) is 6.92 Å². The number of anilines is 1. The lowest BCUT2D eigenvalue weighted by Crippen LogP contribution is -2.12. The number of nitrogen functional groups attached to an aromatic ring is 1. The lowest BCUT2D eigenvalue weighted by atomic mass is 10.2. The largest absolute Gasteiger partial charge is 0.383 e. The Hall–Kier alpha value is -0.680. The van der Waals surface area contributed by atoms with Gasteiger partial charge in [-0.05, 0) is 35.7 Å². The maximum absolute atomic E-state index is 5.89. The van der Waals surface area contributed by atoms with Gasteiger partial charge in [-0.3, -0.25) is 0 Å². The van der Waals surface area contributed by atoms with E-state index in [4.69, 9.17) is 10.5 Å². The van der Waals surface area contributed by atoms with E-state index >= 15 is 0 Å². The molecule has 0 amide bonds. The minimum atomic E-state index is -0.0639. The molecule has 0 aliphatic heterocycles. The molecule has 17 heavy (non-hydrogen) atoms. The van der Waals surface area contributed by atoms with Gasteiger partial charge in [0.25, 0.3) is 0 Å². The highest BCUT2D eigenvalue weighted by atomic mass is 79.9. The Balaban J connectivity index is 3.07. The maximum atomic E-state index is 5.89. The van der Waals surface area contributed by atoms with E-state index in [0.29, 0.717) is 18.2 Å². The second kappa shape index (κ2) is 6.91. The fourth-order valence-corrected chi connectivity index (χ4v) is 2.03. The second-order valence-corrected chi connectivity index (χ2v) is 4.62. The van der Waals surface area contributed by atoms with Crippen molar-refractivity contribution in [3.63, 3.8) is 0 Å². The van der Waals surface area contributed by atoms with Crippen LogP contribution in [0.2, 0.25) is 0 Å². The van der Waals surface area contributed by atoms with Crippen LogP contribution in [0.1, 0.15) is 51.2 Å². The van der Waals surface area contributed by atoms with Gasteiger partial charge in [0.05, 0.1) is 10.2 Å². The molecule has 1 unspecified atom stereocenters. The highest BCUT2D eigenvalue weighted by Crippen LogP contribution is 2.26. The van der Waals surface area contributed by atoms with Crippen molar-refractivity contribution in [2.75, 3.05) is 12.3 Å². The lowest BCUT2D eigenvalue weighted by molar-refractivity contribution is 0.0534. The lowest BCUT2D eigenvalue weighted by Gasteiger charge is -2.16. The third-order valence-corrected chi connectivity index (χ3v) is 3.34. The van der Waals surface area contributed by atoms with Crippen LogP contribution < -0.4 is 5.73 Å². The van der Waals surface area contributed by atoms with Crippen molar-refractivity contribution >= 4 is 21.7 Å². The highest BCUT2D eigenvalue weighted by molar-refractivity contribution is 9.10. The first-order chi connectivity index (χ1) is 8.13. The van der Waals surface area contributed by atoms with E-state index in [1.54, 1.807) is 0 Å². The zero-order valence-electron chi connectivity index (χ0n) is 10.7. The van der Waals surface area contributed by atoms with Gasteiger partial charge in [0.1, 0.15) is 11.9 Å². The molecule has 0 aromatic carbocycles. The number of nitrogens with zero attached hydrogens (tertiary/aromatic N) is 2. The topological polar surface area (TPSA) is 61.0 Å². The molecule has 0 saturated carbocycles. The molecular formula is C12H20BrN3O. The standard InChI is InChI=1S/C12H20BrN3O/c1-4-7-8-10(13)11(14)16-12(15-8)9(5-2)17-6-3/h9H,4-7H2,1-3H3,(H2,14,15,16). The summed E-state index contributed by atoms with van der Waals surface area (Å²) in [7, 11) is 0. The van der Waals surface area contributed by atoms with Crippen molar-refractivity contribution in [2.24, 2.45) is 0 Å². The zero-order valence-corrected chi connectivity index (χ0v) is 12.2. The number of rotatable bonds is 6. The van der Waals surface area contributed by atoms with E-state index in [0.717, 1.165) is 29.4 Å². The minimum absolute atomic E-state index is 0.0639. The fourth-order valence-electron chi connectivity index (χ4n) is 1.66. The first-order valence-corrected chi connectivity index (χ1v) is 6.86. The Morgan fingerprint density at radius 3 is 2.53 bits per heavy atom. The summed E-state index contributed by atoms with van der Waals surface area (Å²) in [5.41, 5.74) is 6.85. The number of halogens is 1. The molecule has 1 aromatic rings. The van der Waals surface area contributed by atoms with E-state index < -0.39 is 0 Å². The van der Waals surface area contributed by atoms with Crippen LogP contribution in [0, 0.1) is 0 Å². The van der Waals surface area contributed by atoms with Crippen LogP contribution in [0.4, 0.5) is 5.82 Å². The molecule has 0 fully saturated rings. The van der Waals surface area contributed by atoms with E-state index in [9.17, 15) is 0 Å². The Bertz CT molecular complexity index is 371. The molecular weight excluding hydrogens is 282 g/mol. The van der Waals surface area contributed by atoms with Gasteiger partial charge in [0, 0.05) is 6.61 Å². The summed E-state index contributed by atoms with van der Waals surface area (Å²) in [5.74, 6) is 1.19. The zero-order chi connectivity index (χ0) is 12.8. The summed E-state index contributed by atoms with van der Waals surface area (Å²) < 4.78 is 6.42. The maximum Gasteiger partial charge on any atom is 0.159 e. The third kappa shape index (κ3) is 3.64. The molecule has 0 bridgehead atoms. The smallest absolute Gasteiger partial charge is 0.159 e. The van der Waals surface area contributed by atoms with Gasteiger partial charge >= 0.3 is 0 Å². The number of ether oxygens (including phenoxy) is 1. The molecule has 4 nitrogen and oxygen atoms in total. The number of aromatic nitrogens is 2. The predicted molar refractivity (Wildman–Crippen MR) is 72.8 cm³/mol. The molecule has 1 atom stereocenters. The summed E-state index contributed by atoms with van der Waals surface area (Å²) in [6, 6.07) is 0. The Labute approximate surface area is 111 Å². The van der Waals surface area contributed by atoms with Crippen molar-refractivity contribution in [3.05, 3.63) is 16.0 Å². The molecule has 0 radical (unpaired) electrons. The van der Waals surface area contributed by atoms with Crippen LogP contribution in [-0.2, 0) is 11.2 Å². The number of aryl methyl sites for hydroxylation is 1. The summed E-state index contributed by atoms with van der Waals surface area (Å²) in [6.07, 6.45) is 2.70. The summed E-state index contributed by atoms with van der Waals surface area (Å²) in [4.78, 5) is 8.85. The molecule has 2 N–H and O–H groups in total. The normalized spacial score (nSPS) is 12.7. The van der Waals surface area contributed by atoms with Crippen molar-refractivity contribution in [1.29, 1.82) is 0 Å². The summed E-state index contributed by atoms with van der Waals surface area (Å²) in [5, 5.41) is 0. The highest BCUT2D eigenvalue weighted by Gasteiger charge is 2.16. The number of hydrogen-bond acceptors (Lipinski definition) is 4. The van der Waals surface area contributed by atoms with E-state index in [1.165, 1.54) is 0 Å². The third-order valence-electron chi connectivity index (χ3n) is 2.48. The average Bonchev–Trinajstić information content (AvgIpc) is 2.32. The molecule has 1 rings (SSSR count). The monoisotopic (exact) mass is 301 g/mol. The number of hydrogen-bond donors (Lipinski definition) is 1. The summed E-state index contributed by atoms with van der Waals surface area (Å²) >= 11 is 3.43. The van der Waals surface area contributed by atoms with Crippen LogP contribution in [0.25, 0.3) is 0 Å². The van der Waals surface area contributed by atoms with Crippen LogP contribution in [0.3, 0.4) is 0 Å². The second-order valence-electron chi connectivity index (χ2n) is 3.83. The molecule has 0 saturated heterocycles. The van der Waals surface area contributed by atoms with Crippen LogP contribution in [0.15, 0.2) is 4.47 Å². The van der Waals surface area contributed by atoms with Crippen LogP contribution in [-0.4, -0.2) is 16.6 Å². The minimum Gasteiger partial charge on any atom is -0.383 e. The SMILES string of the molecule is CCCc1nc(C(CC)OCC)nc(N)c1Br. The predicted octanol–water partition coefficient (Wildman–Crippen LogP) is 3.26. The Morgan fingerprint density at radius 2 is 2.00 bits per heavy atom. The van der Waals surface area contributed by atoms with Gasteiger partial charge in [0.2, 0.25) is 0 Å². The fraction of sp³-hybridized carbons (Fsp3) is 0.667. The van der Waals surface area contributed by atoms with Gasteiger partial charge in [-0.25, -0.2) is 9.97 Å². The molecule has 5 heteroatoms. The van der Waals surface area contributed by atoms with Crippen LogP contribution in [0.5, 0.6) is 0 Å².